The lowest BCUT2D eigenvalue weighted by atomic mass is 9.97. The number of benzene rings is 1. The number of aliphatic imine (C=N–C) groups is 1. The Morgan fingerprint density at radius 1 is 1.24 bits per heavy atom. The third-order valence-electron chi connectivity index (χ3n) is 3.96. The highest BCUT2D eigenvalue weighted by Gasteiger charge is 2.16. The zero-order chi connectivity index (χ0) is 18.0. The summed E-state index contributed by atoms with van der Waals surface area (Å²) in [7, 11) is 3.50. The van der Waals surface area contributed by atoms with Gasteiger partial charge >= 0.3 is 0 Å². The van der Waals surface area contributed by atoms with Crippen molar-refractivity contribution in [3.8, 4) is 0 Å². The fourth-order valence-corrected chi connectivity index (χ4v) is 2.91. The van der Waals surface area contributed by atoms with Crippen molar-refractivity contribution >= 4 is 34.9 Å². The number of nitrogens with zero attached hydrogens (tertiary/aromatic N) is 4. The van der Waals surface area contributed by atoms with Crippen LogP contribution in [-0.4, -0.2) is 40.3 Å². The van der Waals surface area contributed by atoms with Gasteiger partial charge in [-0.2, -0.15) is 5.10 Å². The van der Waals surface area contributed by atoms with Crippen molar-refractivity contribution in [3.63, 3.8) is 0 Å². The Labute approximate surface area is 150 Å². The summed E-state index contributed by atoms with van der Waals surface area (Å²) in [5.74, 6) is 0. The van der Waals surface area contributed by atoms with Gasteiger partial charge in [-0.15, -0.1) is 0 Å². The molecule has 7 heteroatoms. The second-order valence-electron chi connectivity index (χ2n) is 5.94. The van der Waals surface area contributed by atoms with Crippen molar-refractivity contribution in [2.45, 2.75) is 6.42 Å². The summed E-state index contributed by atoms with van der Waals surface area (Å²) < 4.78 is 1.18. The van der Waals surface area contributed by atoms with Crippen LogP contribution < -0.4 is 5.56 Å². The van der Waals surface area contributed by atoms with Gasteiger partial charge in [0.1, 0.15) is 17.0 Å². The van der Waals surface area contributed by atoms with E-state index in [0.717, 1.165) is 23.1 Å². The molecule has 0 saturated carbocycles. The monoisotopic (exact) mass is 356 g/mol. The van der Waals surface area contributed by atoms with Crippen molar-refractivity contribution in [2.75, 3.05) is 13.6 Å². The quantitative estimate of drug-likeness (QED) is 0.793. The number of carbonyl (C=O) groups excluding carboxylic acids is 1. The maximum absolute atomic E-state index is 11.9. The first kappa shape index (κ1) is 17.1. The van der Waals surface area contributed by atoms with E-state index in [9.17, 15) is 9.59 Å². The highest BCUT2D eigenvalue weighted by atomic mass is 35.5. The molecule has 6 nitrogen and oxygen atoms in total. The second-order valence-corrected chi connectivity index (χ2v) is 6.31. The standard InChI is InChI=1S/C18H17ClN4O2/c1-22-9-14(13-5-3-12(11-24)4-6-13)7-15(10-22)21-16-8-20-23(2)18(25)17(16)19/h3-6,8-9,11H,7,10H2,1-2H3. The molecule has 0 saturated heterocycles. The van der Waals surface area contributed by atoms with E-state index in [0.29, 0.717) is 24.2 Å². The van der Waals surface area contributed by atoms with Crippen LogP contribution in [0.2, 0.25) is 5.02 Å². The molecule has 1 aromatic carbocycles. The highest BCUT2D eigenvalue weighted by molar-refractivity contribution is 6.32. The van der Waals surface area contributed by atoms with Gasteiger partial charge in [0, 0.05) is 38.0 Å². The van der Waals surface area contributed by atoms with E-state index in [4.69, 9.17) is 11.6 Å². The molecule has 0 aliphatic carbocycles. The number of hydrogen-bond acceptors (Lipinski definition) is 5. The van der Waals surface area contributed by atoms with Crippen molar-refractivity contribution in [3.05, 3.63) is 63.2 Å². The lowest BCUT2D eigenvalue weighted by Gasteiger charge is -2.24. The molecule has 3 rings (SSSR count). The minimum Gasteiger partial charge on any atom is -0.375 e. The zero-order valence-electron chi connectivity index (χ0n) is 13.9. The molecule has 0 fully saturated rings. The third-order valence-corrected chi connectivity index (χ3v) is 4.31. The zero-order valence-corrected chi connectivity index (χ0v) is 14.7. The fraction of sp³-hybridized carbons (Fsp3) is 0.222. The topological polar surface area (TPSA) is 67.6 Å². The Kier molecular flexibility index (Phi) is 4.81. The summed E-state index contributed by atoms with van der Waals surface area (Å²) in [5, 5.41) is 4.04. The number of aldehydes is 1. The van der Waals surface area contributed by atoms with Gasteiger partial charge in [0.25, 0.3) is 5.56 Å². The van der Waals surface area contributed by atoms with Crippen molar-refractivity contribution in [2.24, 2.45) is 12.0 Å². The van der Waals surface area contributed by atoms with Crippen LogP contribution in [0, 0.1) is 0 Å². The maximum Gasteiger partial charge on any atom is 0.287 e. The van der Waals surface area contributed by atoms with Crippen molar-refractivity contribution < 1.29 is 4.79 Å². The van der Waals surface area contributed by atoms with Gasteiger partial charge in [-0.3, -0.25) is 14.6 Å². The minimum atomic E-state index is -0.368. The van der Waals surface area contributed by atoms with Crippen LogP contribution in [0.1, 0.15) is 22.3 Å². The molecule has 0 amide bonds. The molecule has 1 aromatic heterocycles. The molecule has 0 bridgehead atoms. The van der Waals surface area contributed by atoms with E-state index in [1.807, 2.05) is 24.1 Å². The Morgan fingerprint density at radius 2 is 1.96 bits per heavy atom. The van der Waals surface area contributed by atoms with Gasteiger partial charge in [-0.25, -0.2) is 4.68 Å². The average Bonchev–Trinajstić information content (AvgIpc) is 2.62. The summed E-state index contributed by atoms with van der Waals surface area (Å²) in [4.78, 5) is 29.3. The fourth-order valence-electron chi connectivity index (χ4n) is 2.70. The van der Waals surface area contributed by atoms with Crippen LogP contribution in [0.25, 0.3) is 5.57 Å². The Hall–Kier alpha value is -2.73. The number of hydrogen-bond donors (Lipinski definition) is 0. The van der Waals surface area contributed by atoms with E-state index in [-0.39, 0.29) is 10.6 Å². The molecule has 25 heavy (non-hydrogen) atoms. The van der Waals surface area contributed by atoms with Gasteiger partial charge in [0.05, 0.1) is 12.7 Å². The van der Waals surface area contributed by atoms with Gasteiger partial charge in [-0.05, 0) is 11.1 Å². The first-order chi connectivity index (χ1) is 12.0. The molecule has 0 N–H and O–H groups in total. The number of rotatable bonds is 3. The van der Waals surface area contributed by atoms with Crippen molar-refractivity contribution in [1.82, 2.24) is 14.7 Å². The lowest BCUT2D eigenvalue weighted by Crippen LogP contribution is -2.26. The summed E-state index contributed by atoms with van der Waals surface area (Å²) in [6.45, 7) is 0.640. The number of allylic oxidation sites excluding steroid dienone is 1. The Balaban J connectivity index is 1.92. The molecule has 0 atom stereocenters. The largest absolute Gasteiger partial charge is 0.375 e. The number of aryl methyl sites for hydroxylation is 1. The first-order valence-corrected chi connectivity index (χ1v) is 8.10. The third kappa shape index (κ3) is 3.69. The lowest BCUT2D eigenvalue weighted by molar-refractivity contribution is 0.112. The maximum atomic E-state index is 11.9. The number of halogens is 1. The van der Waals surface area contributed by atoms with Gasteiger partial charge in [0.15, 0.2) is 0 Å². The predicted molar refractivity (Wildman–Crippen MR) is 98.6 cm³/mol. The molecule has 1 aliphatic rings. The van der Waals surface area contributed by atoms with Gasteiger partial charge in [-0.1, -0.05) is 35.9 Å². The highest BCUT2D eigenvalue weighted by Crippen LogP contribution is 2.26. The van der Waals surface area contributed by atoms with Crippen LogP contribution >= 0.6 is 11.6 Å². The first-order valence-electron chi connectivity index (χ1n) is 7.72. The van der Waals surface area contributed by atoms with Crippen LogP contribution in [0.4, 0.5) is 5.69 Å². The van der Waals surface area contributed by atoms with E-state index in [2.05, 4.69) is 16.3 Å². The van der Waals surface area contributed by atoms with Gasteiger partial charge in [0.2, 0.25) is 0 Å². The van der Waals surface area contributed by atoms with E-state index >= 15 is 0 Å². The summed E-state index contributed by atoms with van der Waals surface area (Å²) in [5.41, 5.74) is 3.64. The van der Waals surface area contributed by atoms with Crippen molar-refractivity contribution in [1.29, 1.82) is 0 Å². The number of aromatic nitrogens is 2. The van der Waals surface area contributed by atoms with E-state index < -0.39 is 0 Å². The van der Waals surface area contributed by atoms with Crippen LogP contribution in [-0.2, 0) is 7.05 Å². The molecule has 2 aromatic rings. The van der Waals surface area contributed by atoms with Crippen LogP contribution in [0.5, 0.6) is 0 Å². The molecular formula is C18H17ClN4O2. The number of carbonyl (C=O) groups is 1. The molecule has 0 unspecified atom stereocenters. The summed E-state index contributed by atoms with van der Waals surface area (Å²) >= 11 is 6.10. The Morgan fingerprint density at radius 3 is 2.64 bits per heavy atom. The molecule has 128 valence electrons. The minimum absolute atomic E-state index is 0.0686. The summed E-state index contributed by atoms with van der Waals surface area (Å²) in [6.07, 6.45) is 5.01. The van der Waals surface area contributed by atoms with Crippen LogP contribution in [0.3, 0.4) is 0 Å². The van der Waals surface area contributed by atoms with Gasteiger partial charge < -0.3 is 4.90 Å². The second kappa shape index (κ2) is 7.03. The van der Waals surface area contributed by atoms with E-state index in [1.165, 1.54) is 10.9 Å². The smallest absolute Gasteiger partial charge is 0.287 e. The average molecular weight is 357 g/mol. The predicted octanol–water partition coefficient (Wildman–Crippen LogP) is 2.70. The summed E-state index contributed by atoms with van der Waals surface area (Å²) in [6, 6.07) is 7.41. The molecule has 0 radical (unpaired) electrons. The molecule has 0 spiro atoms. The normalized spacial score (nSPS) is 16.0. The molecular weight excluding hydrogens is 340 g/mol. The van der Waals surface area contributed by atoms with E-state index in [1.54, 1.807) is 19.2 Å². The molecule has 2 heterocycles. The molecule has 1 aliphatic heterocycles. The van der Waals surface area contributed by atoms with Crippen LogP contribution in [0.15, 0.2) is 46.4 Å². The SMILES string of the molecule is CN1C=C(c2ccc(C=O)cc2)CC(=Nc2cnn(C)c(=O)c2Cl)C1. The Bertz CT molecular complexity index is 929.